The fourth-order valence-corrected chi connectivity index (χ4v) is 3.70. The van der Waals surface area contributed by atoms with E-state index in [4.69, 9.17) is 23.2 Å². The number of nitrogens with one attached hydrogen (secondary N) is 2. The molecule has 2 N–H and O–H groups in total. The molecule has 3 aromatic rings. The average molecular weight is 399 g/mol. The molecule has 0 saturated heterocycles. The molecule has 5 nitrogen and oxygen atoms in total. The predicted molar refractivity (Wildman–Crippen MR) is 100 cm³/mol. The predicted octanol–water partition coefficient (Wildman–Crippen LogP) is 4.96. The Morgan fingerprint density at radius 2 is 2.21 bits per heavy atom. The molecule has 9 heteroatoms. The van der Waals surface area contributed by atoms with Crippen LogP contribution < -0.4 is 5.32 Å². The molecule has 3 rings (SSSR count). The van der Waals surface area contributed by atoms with E-state index >= 15 is 0 Å². The van der Waals surface area contributed by atoms with Gasteiger partial charge < -0.3 is 5.32 Å². The molecule has 0 aliphatic heterocycles. The highest BCUT2D eigenvalue weighted by Gasteiger charge is 2.18. The SMILES string of the molecule is C[C@@H](Sc1n[nH]c(-c2cccs2)n1)C(=O)Nc1ccc(Cl)cc1Cl. The van der Waals surface area contributed by atoms with E-state index in [1.54, 1.807) is 36.5 Å². The van der Waals surface area contributed by atoms with E-state index in [-0.39, 0.29) is 11.2 Å². The van der Waals surface area contributed by atoms with Crippen molar-refractivity contribution in [2.45, 2.75) is 17.3 Å². The lowest BCUT2D eigenvalue weighted by Gasteiger charge is -2.11. The molecule has 0 aliphatic rings. The van der Waals surface area contributed by atoms with E-state index in [2.05, 4.69) is 20.5 Å². The maximum absolute atomic E-state index is 12.3. The summed E-state index contributed by atoms with van der Waals surface area (Å²) in [6, 6.07) is 8.82. The summed E-state index contributed by atoms with van der Waals surface area (Å²) in [5.41, 5.74) is 0.521. The number of hydrogen-bond donors (Lipinski definition) is 2. The van der Waals surface area contributed by atoms with Gasteiger partial charge in [-0.05, 0) is 36.6 Å². The number of carbonyl (C=O) groups excluding carboxylic acids is 1. The second kappa shape index (κ2) is 7.57. The van der Waals surface area contributed by atoms with Crippen molar-refractivity contribution in [1.82, 2.24) is 15.2 Å². The van der Waals surface area contributed by atoms with E-state index in [0.29, 0.717) is 26.7 Å². The minimum Gasteiger partial charge on any atom is -0.324 e. The molecule has 2 aromatic heterocycles. The third kappa shape index (κ3) is 4.10. The molecular weight excluding hydrogens is 387 g/mol. The molecule has 0 aliphatic carbocycles. The lowest BCUT2D eigenvalue weighted by atomic mass is 10.3. The molecule has 0 unspecified atom stereocenters. The number of nitrogens with zero attached hydrogens (tertiary/aromatic N) is 2. The third-order valence-electron chi connectivity index (χ3n) is 3.06. The topological polar surface area (TPSA) is 70.7 Å². The van der Waals surface area contributed by atoms with Gasteiger partial charge in [0.15, 0.2) is 5.82 Å². The van der Waals surface area contributed by atoms with Gasteiger partial charge in [-0.15, -0.1) is 16.4 Å². The minimum atomic E-state index is -0.385. The summed E-state index contributed by atoms with van der Waals surface area (Å²) in [7, 11) is 0. The number of thiophene rings is 1. The molecule has 0 bridgehead atoms. The first kappa shape index (κ1) is 17.3. The van der Waals surface area contributed by atoms with Crippen molar-refractivity contribution in [1.29, 1.82) is 0 Å². The number of benzene rings is 1. The Labute approximate surface area is 156 Å². The fraction of sp³-hybridized carbons (Fsp3) is 0.133. The quantitative estimate of drug-likeness (QED) is 0.595. The molecule has 0 spiro atoms. The van der Waals surface area contributed by atoms with Crippen molar-refractivity contribution in [3.8, 4) is 10.7 Å². The van der Waals surface area contributed by atoms with Gasteiger partial charge in [0.25, 0.3) is 0 Å². The van der Waals surface area contributed by atoms with Crippen molar-refractivity contribution in [2.75, 3.05) is 5.32 Å². The van der Waals surface area contributed by atoms with Crippen molar-refractivity contribution in [3.63, 3.8) is 0 Å². The van der Waals surface area contributed by atoms with Gasteiger partial charge in [0, 0.05) is 5.02 Å². The fourth-order valence-electron chi connectivity index (χ4n) is 1.86. The van der Waals surface area contributed by atoms with Crippen LogP contribution in [0.1, 0.15) is 6.92 Å². The number of aromatic nitrogens is 3. The van der Waals surface area contributed by atoms with Crippen LogP contribution in [0.4, 0.5) is 5.69 Å². The highest BCUT2D eigenvalue weighted by atomic mass is 35.5. The number of rotatable bonds is 5. The Bertz CT molecular complexity index is 851. The van der Waals surface area contributed by atoms with Gasteiger partial charge >= 0.3 is 0 Å². The normalized spacial score (nSPS) is 12.1. The van der Waals surface area contributed by atoms with Gasteiger partial charge in [-0.25, -0.2) is 4.98 Å². The molecule has 1 aromatic carbocycles. The largest absolute Gasteiger partial charge is 0.324 e. The van der Waals surface area contributed by atoms with Gasteiger partial charge in [0.05, 0.1) is 20.8 Å². The molecule has 1 atom stereocenters. The van der Waals surface area contributed by atoms with Crippen LogP contribution in [-0.2, 0) is 4.79 Å². The Balaban J connectivity index is 1.64. The number of halogens is 2. The van der Waals surface area contributed by atoms with Crippen LogP contribution >= 0.6 is 46.3 Å². The average Bonchev–Trinajstić information content (AvgIpc) is 3.20. The number of hydrogen-bond acceptors (Lipinski definition) is 5. The molecule has 0 fully saturated rings. The van der Waals surface area contributed by atoms with Crippen LogP contribution in [0.15, 0.2) is 40.9 Å². The number of carbonyl (C=O) groups is 1. The van der Waals surface area contributed by atoms with E-state index in [1.807, 2.05) is 17.5 Å². The van der Waals surface area contributed by atoms with E-state index in [1.165, 1.54) is 11.8 Å². The van der Waals surface area contributed by atoms with Gasteiger partial charge in [-0.1, -0.05) is 41.0 Å². The van der Waals surface area contributed by atoms with Crippen molar-refractivity contribution < 1.29 is 4.79 Å². The molecule has 124 valence electrons. The first-order valence-electron chi connectivity index (χ1n) is 6.92. The summed E-state index contributed by atoms with van der Waals surface area (Å²) in [4.78, 5) is 17.7. The van der Waals surface area contributed by atoms with E-state index < -0.39 is 0 Å². The zero-order chi connectivity index (χ0) is 17.1. The second-order valence-electron chi connectivity index (χ2n) is 4.82. The first-order chi connectivity index (χ1) is 11.5. The Hall–Kier alpha value is -1.54. The summed E-state index contributed by atoms with van der Waals surface area (Å²) in [6.07, 6.45) is 0. The van der Waals surface area contributed by atoms with Gasteiger partial charge in [-0.3, -0.25) is 9.89 Å². The number of H-pyrrole nitrogens is 1. The molecular formula is C15H12Cl2N4OS2. The summed E-state index contributed by atoms with van der Waals surface area (Å²) in [6.45, 7) is 1.78. The summed E-state index contributed by atoms with van der Waals surface area (Å²) < 4.78 is 0. The lowest BCUT2D eigenvalue weighted by Crippen LogP contribution is -2.22. The number of anilines is 1. The smallest absolute Gasteiger partial charge is 0.237 e. The maximum atomic E-state index is 12.3. The number of aromatic amines is 1. The second-order valence-corrected chi connectivity index (χ2v) is 7.92. The summed E-state index contributed by atoms with van der Waals surface area (Å²) >= 11 is 14.8. The van der Waals surface area contributed by atoms with Crippen LogP contribution in [0.5, 0.6) is 0 Å². The number of amides is 1. The Kier molecular flexibility index (Phi) is 5.45. The molecule has 0 saturated carbocycles. The van der Waals surface area contributed by atoms with Crippen LogP contribution in [-0.4, -0.2) is 26.3 Å². The van der Waals surface area contributed by atoms with Crippen LogP contribution in [0.3, 0.4) is 0 Å². The standard InChI is InChI=1S/C15H12Cl2N4OS2/c1-8(14(22)18-11-5-4-9(16)7-10(11)17)24-15-19-13(20-21-15)12-3-2-6-23-12/h2-8H,1H3,(H,18,22)(H,19,20,21)/t8-/m1/s1. The minimum absolute atomic E-state index is 0.188. The van der Waals surface area contributed by atoms with Crippen LogP contribution in [0, 0.1) is 0 Å². The summed E-state index contributed by atoms with van der Waals surface area (Å²) in [5, 5.41) is 12.8. The zero-order valence-electron chi connectivity index (χ0n) is 12.4. The van der Waals surface area contributed by atoms with Gasteiger partial charge in [-0.2, -0.15) is 0 Å². The van der Waals surface area contributed by atoms with E-state index in [0.717, 1.165) is 4.88 Å². The summed E-state index contributed by atoms with van der Waals surface area (Å²) in [5.74, 6) is 0.507. The van der Waals surface area contributed by atoms with Crippen molar-refractivity contribution >= 4 is 57.9 Å². The molecule has 2 heterocycles. The molecule has 0 radical (unpaired) electrons. The van der Waals surface area contributed by atoms with Crippen molar-refractivity contribution in [2.24, 2.45) is 0 Å². The number of thioether (sulfide) groups is 1. The monoisotopic (exact) mass is 398 g/mol. The molecule has 24 heavy (non-hydrogen) atoms. The highest BCUT2D eigenvalue weighted by molar-refractivity contribution is 8.00. The first-order valence-corrected chi connectivity index (χ1v) is 9.43. The maximum Gasteiger partial charge on any atom is 0.237 e. The Morgan fingerprint density at radius 1 is 1.38 bits per heavy atom. The Morgan fingerprint density at radius 3 is 2.92 bits per heavy atom. The molecule has 1 amide bonds. The van der Waals surface area contributed by atoms with Crippen molar-refractivity contribution in [3.05, 3.63) is 45.8 Å². The van der Waals surface area contributed by atoms with Crippen LogP contribution in [0.2, 0.25) is 10.0 Å². The van der Waals surface area contributed by atoms with Gasteiger partial charge in [0.2, 0.25) is 11.1 Å². The van der Waals surface area contributed by atoms with E-state index in [9.17, 15) is 4.79 Å². The van der Waals surface area contributed by atoms with Gasteiger partial charge in [0.1, 0.15) is 0 Å². The lowest BCUT2D eigenvalue weighted by molar-refractivity contribution is -0.115. The van der Waals surface area contributed by atoms with Crippen LogP contribution in [0.25, 0.3) is 10.7 Å². The zero-order valence-corrected chi connectivity index (χ0v) is 15.6. The third-order valence-corrected chi connectivity index (χ3v) is 5.45. The highest BCUT2D eigenvalue weighted by Crippen LogP contribution is 2.28.